The fraction of sp³-hybridized carbons (Fsp3) is 0.211. The van der Waals surface area contributed by atoms with E-state index in [-0.39, 0.29) is 28.3 Å². The number of aromatic nitrogens is 3. The van der Waals surface area contributed by atoms with Gasteiger partial charge in [0.15, 0.2) is 5.82 Å². The number of halogens is 6. The number of rotatable bonds is 3. The Labute approximate surface area is 166 Å². The van der Waals surface area contributed by atoms with Gasteiger partial charge in [0.05, 0.1) is 28.6 Å². The zero-order valence-corrected chi connectivity index (χ0v) is 15.6. The largest absolute Gasteiger partial charge is 0.417 e. The number of carbonyl (C=O) groups is 1. The van der Waals surface area contributed by atoms with E-state index >= 15 is 0 Å². The normalized spacial score (nSPS) is 12.1. The van der Waals surface area contributed by atoms with Crippen LogP contribution in [0.1, 0.15) is 32.7 Å². The molecule has 5 nitrogen and oxygen atoms in total. The Hall–Kier alpha value is -3.37. The fourth-order valence-corrected chi connectivity index (χ4v) is 2.75. The molecular formula is C19H14F6N4O. The van der Waals surface area contributed by atoms with Crippen molar-refractivity contribution < 1.29 is 31.1 Å². The maximum Gasteiger partial charge on any atom is 0.417 e. The Morgan fingerprint density at radius 1 is 0.967 bits per heavy atom. The number of nitrogens with zero attached hydrogens (tertiary/aromatic N) is 3. The van der Waals surface area contributed by atoms with Crippen LogP contribution in [0.3, 0.4) is 0 Å². The molecule has 0 radical (unpaired) electrons. The van der Waals surface area contributed by atoms with Gasteiger partial charge in [-0.15, -0.1) is 0 Å². The molecule has 0 aliphatic rings. The molecule has 0 aliphatic carbocycles. The van der Waals surface area contributed by atoms with E-state index in [1.165, 1.54) is 26.0 Å². The monoisotopic (exact) mass is 428 g/mol. The van der Waals surface area contributed by atoms with Crippen LogP contribution < -0.4 is 5.32 Å². The molecule has 0 aliphatic heterocycles. The van der Waals surface area contributed by atoms with Crippen molar-refractivity contribution in [1.29, 1.82) is 0 Å². The summed E-state index contributed by atoms with van der Waals surface area (Å²) in [5.74, 6) is -0.670. The molecule has 3 aromatic rings. The molecule has 0 atom stereocenters. The molecule has 0 saturated heterocycles. The highest BCUT2D eigenvalue weighted by Gasteiger charge is 2.33. The van der Waals surface area contributed by atoms with Gasteiger partial charge in [0, 0.05) is 11.9 Å². The molecule has 1 aromatic carbocycles. The van der Waals surface area contributed by atoms with Crippen molar-refractivity contribution in [3.8, 4) is 5.82 Å². The summed E-state index contributed by atoms with van der Waals surface area (Å²) in [5.41, 5.74) is -1.57. The second-order valence-corrected chi connectivity index (χ2v) is 6.44. The molecule has 2 aromatic heterocycles. The minimum absolute atomic E-state index is 0.0119. The van der Waals surface area contributed by atoms with Crippen LogP contribution in [0.15, 0.2) is 42.7 Å². The third-order valence-corrected chi connectivity index (χ3v) is 4.35. The maximum atomic E-state index is 13.0. The fourth-order valence-electron chi connectivity index (χ4n) is 2.75. The lowest BCUT2D eigenvalue weighted by atomic mass is 10.1. The maximum absolute atomic E-state index is 13.0. The van der Waals surface area contributed by atoms with Crippen LogP contribution in [-0.4, -0.2) is 20.7 Å². The zero-order valence-electron chi connectivity index (χ0n) is 15.6. The van der Waals surface area contributed by atoms with Crippen LogP contribution in [0.4, 0.5) is 32.0 Å². The van der Waals surface area contributed by atoms with Gasteiger partial charge in [-0.05, 0) is 43.7 Å². The van der Waals surface area contributed by atoms with Crippen LogP contribution in [0.2, 0.25) is 0 Å². The Bertz CT molecular complexity index is 1080. The molecule has 0 fully saturated rings. The number of carbonyl (C=O) groups excluding carboxylic acids is 1. The first-order valence-electron chi connectivity index (χ1n) is 8.45. The number of aryl methyl sites for hydroxylation is 1. The van der Waals surface area contributed by atoms with Crippen molar-refractivity contribution in [1.82, 2.24) is 14.8 Å². The zero-order chi connectivity index (χ0) is 22.3. The van der Waals surface area contributed by atoms with Gasteiger partial charge in [-0.1, -0.05) is 6.07 Å². The molecule has 3 rings (SSSR count). The van der Waals surface area contributed by atoms with Crippen LogP contribution in [0.25, 0.3) is 5.82 Å². The summed E-state index contributed by atoms with van der Waals surface area (Å²) in [6.07, 6.45) is -7.32. The van der Waals surface area contributed by atoms with Gasteiger partial charge in [-0.2, -0.15) is 31.4 Å². The van der Waals surface area contributed by atoms with Gasteiger partial charge in [-0.25, -0.2) is 9.67 Å². The molecule has 0 bridgehead atoms. The third kappa shape index (κ3) is 4.29. The summed E-state index contributed by atoms with van der Waals surface area (Å²) >= 11 is 0. The number of benzene rings is 1. The third-order valence-electron chi connectivity index (χ3n) is 4.35. The summed E-state index contributed by atoms with van der Waals surface area (Å²) in [6.45, 7) is 2.79. The average molecular weight is 428 g/mol. The van der Waals surface area contributed by atoms with E-state index in [2.05, 4.69) is 15.4 Å². The standard InChI is InChI=1S/C19H14F6N4O/c1-10-3-5-13(7-15(10)19(23,24)25)28-17(30)14-9-27-29(11(14)2)16-6-4-12(8-26-16)18(20,21)22/h3-9H,1-2H3,(H,28,30). The first-order chi connectivity index (χ1) is 13.9. The van der Waals surface area contributed by atoms with Crippen LogP contribution in [0.5, 0.6) is 0 Å². The lowest BCUT2D eigenvalue weighted by molar-refractivity contribution is -0.138. The van der Waals surface area contributed by atoms with E-state index < -0.39 is 29.4 Å². The average Bonchev–Trinajstić information content (AvgIpc) is 3.03. The SMILES string of the molecule is Cc1ccc(NC(=O)c2cnn(-c3ccc(C(F)(F)F)cn3)c2C)cc1C(F)(F)F. The molecule has 0 unspecified atom stereocenters. The van der Waals surface area contributed by atoms with Crippen molar-refractivity contribution in [3.63, 3.8) is 0 Å². The Kier molecular flexibility index (Phi) is 5.31. The number of pyridine rings is 1. The summed E-state index contributed by atoms with van der Waals surface area (Å²) in [7, 11) is 0. The summed E-state index contributed by atoms with van der Waals surface area (Å²) in [6, 6.07) is 5.32. The van der Waals surface area contributed by atoms with Gasteiger partial charge in [0.2, 0.25) is 0 Å². The lowest BCUT2D eigenvalue weighted by Crippen LogP contribution is -2.15. The smallest absolute Gasteiger partial charge is 0.322 e. The minimum Gasteiger partial charge on any atom is -0.322 e. The molecular weight excluding hydrogens is 414 g/mol. The number of nitrogens with one attached hydrogen (secondary N) is 1. The van der Waals surface area contributed by atoms with Gasteiger partial charge in [0.1, 0.15) is 0 Å². The molecule has 2 heterocycles. The van der Waals surface area contributed by atoms with Crippen molar-refractivity contribution in [2.75, 3.05) is 5.32 Å². The second-order valence-electron chi connectivity index (χ2n) is 6.44. The molecule has 158 valence electrons. The second kappa shape index (κ2) is 7.47. The Balaban J connectivity index is 1.85. The Morgan fingerprint density at radius 2 is 1.67 bits per heavy atom. The van der Waals surface area contributed by atoms with E-state index in [1.54, 1.807) is 0 Å². The van der Waals surface area contributed by atoms with Crippen molar-refractivity contribution in [2.24, 2.45) is 0 Å². The van der Waals surface area contributed by atoms with E-state index in [0.29, 0.717) is 6.20 Å². The quantitative estimate of drug-likeness (QED) is 0.586. The van der Waals surface area contributed by atoms with Crippen LogP contribution in [0, 0.1) is 13.8 Å². The predicted octanol–water partition coefficient (Wildman–Crippen LogP) is 5.17. The first kappa shape index (κ1) is 21.3. The minimum atomic E-state index is -4.57. The van der Waals surface area contributed by atoms with Gasteiger partial charge >= 0.3 is 12.4 Å². The van der Waals surface area contributed by atoms with E-state index in [4.69, 9.17) is 0 Å². The van der Waals surface area contributed by atoms with E-state index in [1.807, 2.05) is 0 Å². The first-order valence-corrected chi connectivity index (χ1v) is 8.45. The highest BCUT2D eigenvalue weighted by Crippen LogP contribution is 2.33. The molecule has 11 heteroatoms. The predicted molar refractivity (Wildman–Crippen MR) is 95.2 cm³/mol. The molecule has 1 N–H and O–H groups in total. The molecule has 30 heavy (non-hydrogen) atoms. The Morgan fingerprint density at radius 3 is 2.23 bits per heavy atom. The van der Waals surface area contributed by atoms with Gasteiger partial charge in [0.25, 0.3) is 5.91 Å². The number of amides is 1. The summed E-state index contributed by atoms with van der Waals surface area (Å²) in [4.78, 5) is 16.2. The number of hydrogen-bond donors (Lipinski definition) is 1. The topological polar surface area (TPSA) is 59.8 Å². The summed E-state index contributed by atoms with van der Waals surface area (Å²) in [5, 5.41) is 6.31. The van der Waals surface area contributed by atoms with Gasteiger partial charge < -0.3 is 5.32 Å². The highest BCUT2D eigenvalue weighted by molar-refractivity contribution is 6.05. The van der Waals surface area contributed by atoms with Crippen molar-refractivity contribution in [3.05, 3.63) is 70.7 Å². The molecule has 0 saturated carbocycles. The van der Waals surface area contributed by atoms with Gasteiger partial charge in [-0.3, -0.25) is 4.79 Å². The van der Waals surface area contributed by atoms with Crippen LogP contribution in [-0.2, 0) is 12.4 Å². The van der Waals surface area contributed by atoms with Crippen LogP contribution >= 0.6 is 0 Å². The number of hydrogen-bond acceptors (Lipinski definition) is 3. The number of anilines is 1. The lowest BCUT2D eigenvalue weighted by Gasteiger charge is -2.13. The van der Waals surface area contributed by atoms with Crippen molar-refractivity contribution >= 4 is 11.6 Å². The van der Waals surface area contributed by atoms with Crippen molar-refractivity contribution in [2.45, 2.75) is 26.2 Å². The molecule has 1 amide bonds. The number of alkyl halides is 6. The van der Waals surface area contributed by atoms with E-state index in [0.717, 1.165) is 29.1 Å². The molecule has 0 spiro atoms. The van der Waals surface area contributed by atoms with E-state index in [9.17, 15) is 31.1 Å². The highest BCUT2D eigenvalue weighted by atomic mass is 19.4. The summed E-state index contributed by atoms with van der Waals surface area (Å²) < 4.78 is 78.3.